The van der Waals surface area contributed by atoms with Gasteiger partial charge in [0, 0.05) is 18.8 Å². The van der Waals surface area contributed by atoms with Crippen LogP contribution in [0.25, 0.3) is 0 Å². The van der Waals surface area contributed by atoms with Crippen LogP contribution in [0.5, 0.6) is 0 Å². The molecule has 1 fully saturated rings. The van der Waals surface area contributed by atoms with Crippen LogP contribution in [0.4, 0.5) is 5.82 Å². The van der Waals surface area contributed by atoms with Gasteiger partial charge in [0.1, 0.15) is 11.9 Å². The van der Waals surface area contributed by atoms with Gasteiger partial charge in [-0.2, -0.15) is 5.26 Å². The van der Waals surface area contributed by atoms with Crippen LogP contribution in [0.1, 0.15) is 49.9 Å². The highest BCUT2D eigenvalue weighted by atomic mass is 15.2. The van der Waals surface area contributed by atoms with Crippen LogP contribution < -0.4 is 4.90 Å². The van der Waals surface area contributed by atoms with Crippen molar-refractivity contribution in [1.29, 1.82) is 5.26 Å². The Labute approximate surface area is 122 Å². The first-order valence-corrected chi connectivity index (χ1v) is 7.66. The fourth-order valence-corrected chi connectivity index (χ4v) is 3.18. The van der Waals surface area contributed by atoms with Crippen molar-refractivity contribution >= 4 is 5.82 Å². The zero-order valence-electron chi connectivity index (χ0n) is 13.1. The van der Waals surface area contributed by atoms with E-state index in [0.717, 1.165) is 47.6 Å². The second kappa shape index (κ2) is 6.26. The molecule has 0 bridgehead atoms. The number of aryl methyl sites for hydroxylation is 2. The summed E-state index contributed by atoms with van der Waals surface area (Å²) in [6.45, 7) is 10.7. The second-order valence-electron chi connectivity index (χ2n) is 6.31. The molecule has 1 unspecified atom stereocenters. The zero-order valence-corrected chi connectivity index (χ0v) is 13.1. The van der Waals surface area contributed by atoms with E-state index in [9.17, 15) is 5.26 Å². The van der Waals surface area contributed by atoms with Gasteiger partial charge in [0.05, 0.1) is 5.56 Å². The molecule has 0 aromatic carbocycles. The van der Waals surface area contributed by atoms with Crippen LogP contribution in [0.15, 0.2) is 6.07 Å². The largest absolute Gasteiger partial charge is 0.355 e. The Kier molecular flexibility index (Phi) is 4.65. The fourth-order valence-electron chi connectivity index (χ4n) is 3.18. The summed E-state index contributed by atoms with van der Waals surface area (Å²) in [6, 6.07) is 4.34. The van der Waals surface area contributed by atoms with Gasteiger partial charge in [-0.25, -0.2) is 4.98 Å². The standard InChI is InChI=1S/C17H25N3/c1-12(2)15-6-5-8-20(9-7-15)17-16(11-18)13(3)10-14(4)19-17/h10,12,15H,5-9H2,1-4H3. The molecule has 2 heterocycles. The van der Waals surface area contributed by atoms with Crippen molar-refractivity contribution in [3.63, 3.8) is 0 Å². The predicted octanol–water partition coefficient (Wildman–Crippen LogP) is 3.83. The summed E-state index contributed by atoms with van der Waals surface area (Å²) in [4.78, 5) is 6.96. The first-order chi connectivity index (χ1) is 9.52. The number of anilines is 1. The van der Waals surface area contributed by atoms with E-state index in [2.05, 4.69) is 29.8 Å². The van der Waals surface area contributed by atoms with Crippen LogP contribution in [0, 0.1) is 37.0 Å². The summed E-state index contributed by atoms with van der Waals surface area (Å²) in [5, 5.41) is 9.41. The van der Waals surface area contributed by atoms with Gasteiger partial charge in [-0.3, -0.25) is 0 Å². The van der Waals surface area contributed by atoms with Gasteiger partial charge in [0.2, 0.25) is 0 Å². The first-order valence-electron chi connectivity index (χ1n) is 7.66. The second-order valence-corrected chi connectivity index (χ2v) is 6.31. The van der Waals surface area contributed by atoms with E-state index in [4.69, 9.17) is 0 Å². The molecule has 0 amide bonds. The number of aromatic nitrogens is 1. The molecular weight excluding hydrogens is 246 g/mol. The summed E-state index contributed by atoms with van der Waals surface area (Å²) in [5.74, 6) is 2.45. The van der Waals surface area contributed by atoms with Crippen LogP contribution in [-0.2, 0) is 0 Å². The molecule has 0 aliphatic carbocycles. The lowest BCUT2D eigenvalue weighted by Crippen LogP contribution is -2.27. The molecule has 1 aromatic rings. The van der Waals surface area contributed by atoms with Crippen molar-refractivity contribution in [2.24, 2.45) is 11.8 Å². The maximum atomic E-state index is 9.41. The third kappa shape index (κ3) is 3.12. The topological polar surface area (TPSA) is 39.9 Å². The van der Waals surface area contributed by atoms with Crippen molar-refractivity contribution in [3.05, 3.63) is 22.9 Å². The first kappa shape index (κ1) is 14.8. The Morgan fingerprint density at radius 1 is 1.30 bits per heavy atom. The number of rotatable bonds is 2. The Morgan fingerprint density at radius 3 is 2.70 bits per heavy atom. The van der Waals surface area contributed by atoms with Gasteiger partial charge >= 0.3 is 0 Å². The predicted molar refractivity (Wildman–Crippen MR) is 82.8 cm³/mol. The van der Waals surface area contributed by atoms with Crippen molar-refractivity contribution < 1.29 is 0 Å². The molecule has 1 aromatic heterocycles. The molecular formula is C17H25N3. The summed E-state index contributed by atoms with van der Waals surface area (Å²) in [5.41, 5.74) is 2.79. The van der Waals surface area contributed by atoms with E-state index in [1.807, 2.05) is 19.9 Å². The van der Waals surface area contributed by atoms with E-state index in [-0.39, 0.29) is 0 Å². The van der Waals surface area contributed by atoms with Crippen molar-refractivity contribution in [3.8, 4) is 6.07 Å². The molecule has 108 valence electrons. The molecule has 1 aliphatic heterocycles. The van der Waals surface area contributed by atoms with Gasteiger partial charge in [-0.05, 0) is 56.6 Å². The number of nitriles is 1. The highest BCUT2D eigenvalue weighted by Crippen LogP contribution is 2.29. The number of nitrogens with zero attached hydrogens (tertiary/aromatic N) is 3. The zero-order chi connectivity index (χ0) is 14.7. The molecule has 1 saturated heterocycles. The molecule has 0 N–H and O–H groups in total. The minimum Gasteiger partial charge on any atom is -0.355 e. The lowest BCUT2D eigenvalue weighted by atomic mass is 9.89. The van der Waals surface area contributed by atoms with E-state index in [1.165, 1.54) is 19.3 Å². The smallest absolute Gasteiger partial charge is 0.147 e. The number of pyridine rings is 1. The lowest BCUT2D eigenvalue weighted by molar-refractivity contribution is 0.351. The van der Waals surface area contributed by atoms with E-state index in [0.29, 0.717) is 0 Å². The quantitative estimate of drug-likeness (QED) is 0.820. The van der Waals surface area contributed by atoms with E-state index < -0.39 is 0 Å². The van der Waals surface area contributed by atoms with Crippen molar-refractivity contribution in [2.75, 3.05) is 18.0 Å². The van der Waals surface area contributed by atoms with Crippen LogP contribution in [-0.4, -0.2) is 18.1 Å². The van der Waals surface area contributed by atoms with Crippen LogP contribution in [0.2, 0.25) is 0 Å². The molecule has 0 radical (unpaired) electrons. The third-order valence-corrected chi connectivity index (χ3v) is 4.45. The SMILES string of the molecule is Cc1cc(C)c(C#N)c(N2CCCC(C(C)C)CC2)n1. The van der Waals surface area contributed by atoms with Gasteiger partial charge < -0.3 is 4.90 Å². The van der Waals surface area contributed by atoms with Crippen molar-refractivity contribution in [1.82, 2.24) is 4.98 Å². The molecule has 1 aliphatic rings. The van der Waals surface area contributed by atoms with Gasteiger partial charge in [0.25, 0.3) is 0 Å². The van der Waals surface area contributed by atoms with Crippen LogP contribution >= 0.6 is 0 Å². The summed E-state index contributed by atoms with van der Waals surface area (Å²) in [6.07, 6.45) is 3.69. The minimum atomic E-state index is 0.748. The van der Waals surface area contributed by atoms with Crippen LogP contribution in [0.3, 0.4) is 0 Å². The molecule has 3 heteroatoms. The maximum Gasteiger partial charge on any atom is 0.147 e. The Bertz CT molecular complexity index is 514. The molecule has 3 nitrogen and oxygen atoms in total. The average Bonchev–Trinajstić information content (AvgIpc) is 2.63. The average molecular weight is 271 g/mol. The normalized spacial score (nSPS) is 19.8. The van der Waals surface area contributed by atoms with Gasteiger partial charge in [-0.1, -0.05) is 13.8 Å². The minimum absolute atomic E-state index is 0.748. The molecule has 1 atom stereocenters. The van der Waals surface area contributed by atoms with Crippen molar-refractivity contribution in [2.45, 2.75) is 47.0 Å². The third-order valence-electron chi connectivity index (χ3n) is 4.45. The molecule has 0 saturated carbocycles. The van der Waals surface area contributed by atoms with Gasteiger partial charge in [0.15, 0.2) is 0 Å². The Balaban J connectivity index is 2.26. The number of hydrogen-bond donors (Lipinski definition) is 0. The van der Waals surface area contributed by atoms with E-state index >= 15 is 0 Å². The summed E-state index contributed by atoms with van der Waals surface area (Å²) in [7, 11) is 0. The van der Waals surface area contributed by atoms with Gasteiger partial charge in [-0.15, -0.1) is 0 Å². The Morgan fingerprint density at radius 2 is 2.05 bits per heavy atom. The fraction of sp³-hybridized carbons (Fsp3) is 0.647. The molecule has 2 rings (SSSR count). The monoisotopic (exact) mass is 271 g/mol. The van der Waals surface area contributed by atoms with E-state index in [1.54, 1.807) is 0 Å². The molecule has 20 heavy (non-hydrogen) atoms. The summed E-state index contributed by atoms with van der Waals surface area (Å²) < 4.78 is 0. The highest BCUT2D eigenvalue weighted by molar-refractivity contribution is 5.58. The summed E-state index contributed by atoms with van der Waals surface area (Å²) >= 11 is 0. The molecule has 0 spiro atoms. The number of hydrogen-bond acceptors (Lipinski definition) is 3. The lowest BCUT2D eigenvalue weighted by Gasteiger charge is -2.24. The highest BCUT2D eigenvalue weighted by Gasteiger charge is 2.22. The maximum absolute atomic E-state index is 9.41. The Hall–Kier alpha value is -1.56.